The summed E-state index contributed by atoms with van der Waals surface area (Å²) in [4.78, 5) is 11.3. The van der Waals surface area contributed by atoms with E-state index in [1.807, 2.05) is 20.8 Å². The molecule has 4 heteroatoms. The minimum absolute atomic E-state index is 0.120. The third-order valence-electron chi connectivity index (χ3n) is 2.22. The predicted molar refractivity (Wildman–Crippen MR) is 53.2 cm³/mol. The van der Waals surface area contributed by atoms with Crippen LogP contribution in [-0.2, 0) is 9.47 Å². The van der Waals surface area contributed by atoms with Crippen LogP contribution in [-0.4, -0.2) is 30.9 Å². The lowest BCUT2D eigenvalue weighted by atomic mass is 9.89. The highest BCUT2D eigenvalue weighted by Gasteiger charge is 2.33. The third-order valence-corrected chi connectivity index (χ3v) is 2.22. The Morgan fingerprint density at radius 2 is 2.00 bits per heavy atom. The van der Waals surface area contributed by atoms with E-state index >= 15 is 0 Å². The fraction of sp³-hybridized carbons (Fsp3) is 0.900. The van der Waals surface area contributed by atoms with Crippen molar-refractivity contribution < 1.29 is 14.3 Å². The van der Waals surface area contributed by atoms with E-state index in [9.17, 15) is 4.79 Å². The predicted octanol–water partition coefficient (Wildman–Crippen LogP) is 1.69. The summed E-state index contributed by atoms with van der Waals surface area (Å²) in [6.45, 7) is 5.55. The molecule has 0 saturated heterocycles. The molecule has 82 valence electrons. The van der Waals surface area contributed by atoms with Crippen LogP contribution in [0.4, 0.5) is 4.79 Å². The molecule has 0 heterocycles. The highest BCUT2D eigenvalue weighted by molar-refractivity contribution is 5.68. The van der Waals surface area contributed by atoms with E-state index in [1.165, 1.54) is 0 Å². The summed E-state index contributed by atoms with van der Waals surface area (Å²) < 4.78 is 10.3. The number of rotatable bonds is 2. The molecule has 1 saturated carbocycles. The van der Waals surface area contributed by atoms with E-state index < -0.39 is 5.60 Å². The molecule has 2 unspecified atom stereocenters. The fourth-order valence-electron chi connectivity index (χ4n) is 1.38. The number of methoxy groups -OCH3 is 1. The smallest absolute Gasteiger partial charge is 0.407 e. The van der Waals surface area contributed by atoms with Crippen LogP contribution in [0.2, 0.25) is 0 Å². The van der Waals surface area contributed by atoms with Gasteiger partial charge in [0.25, 0.3) is 0 Å². The first-order valence-corrected chi connectivity index (χ1v) is 4.94. The second-order valence-electron chi connectivity index (χ2n) is 4.60. The first-order chi connectivity index (χ1) is 6.42. The van der Waals surface area contributed by atoms with Gasteiger partial charge in [-0.2, -0.15) is 0 Å². The van der Waals surface area contributed by atoms with Gasteiger partial charge in [-0.3, -0.25) is 0 Å². The normalized spacial score (nSPS) is 26.6. The monoisotopic (exact) mass is 201 g/mol. The molecule has 1 fully saturated rings. The van der Waals surface area contributed by atoms with E-state index in [1.54, 1.807) is 7.11 Å². The minimum Gasteiger partial charge on any atom is -0.444 e. The number of alkyl carbamates (subject to hydrolysis) is 1. The molecular formula is C10H19NO3. The molecular weight excluding hydrogens is 182 g/mol. The van der Waals surface area contributed by atoms with Gasteiger partial charge in [0.1, 0.15) is 5.60 Å². The number of carbonyl (C=O) groups is 1. The van der Waals surface area contributed by atoms with E-state index in [2.05, 4.69) is 5.32 Å². The molecule has 4 nitrogen and oxygen atoms in total. The summed E-state index contributed by atoms with van der Waals surface area (Å²) in [6, 6.07) is 0.120. The average Bonchev–Trinajstić information content (AvgIpc) is 1.96. The van der Waals surface area contributed by atoms with E-state index in [0.29, 0.717) is 0 Å². The van der Waals surface area contributed by atoms with Crippen molar-refractivity contribution >= 4 is 6.09 Å². The number of nitrogens with one attached hydrogen (secondary N) is 1. The van der Waals surface area contributed by atoms with Crippen LogP contribution in [0.5, 0.6) is 0 Å². The Balaban J connectivity index is 2.27. The topological polar surface area (TPSA) is 47.6 Å². The molecule has 1 aliphatic rings. The zero-order chi connectivity index (χ0) is 10.8. The SMILES string of the molecule is COC1CCC1NC(=O)OC(C)(C)C. The maximum atomic E-state index is 11.3. The van der Waals surface area contributed by atoms with Gasteiger partial charge in [-0.05, 0) is 33.6 Å². The van der Waals surface area contributed by atoms with Crippen molar-refractivity contribution in [3.05, 3.63) is 0 Å². The van der Waals surface area contributed by atoms with Crippen molar-refractivity contribution in [3.63, 3.8) is 0 Å². The Bertz CT molecular complexity index is 208. The van der Waals surface area contributed by atoms with Crippen molar-refractivity contribution in [2.24, 2.45) is 0 Å². The molecule has 0 aromatic rings. The van der Waals surface area contributed by atoms with Gasteiger partial charge >= 0.3 is 6.09 Å². The molecule has 1 rings (SSSR count). The van der Waals surface area contributed by atoms with Crippen LogP contribution in [0.3, 0.4) is 0 Å². The van der Waals surface area contributed by atoms with Crippen molar-refractivity contribution in [2.45, 2.75) is 51.4 Å². The highest BCUT2D eigenvalue weighted by atomic mass is 16.6. The van der Waals surface area contributed by atoms with E-state index in [-0.39, 0.29) is 18.2 Å². The first-order valence-electron chi connectivity index (χ1n) is 4.94. The van der Waals surface area contributed by atoms with Crippen LogP contribution >= 0.6 is 0 Å². The Morgan fingerprint density at radius 1 is 1.36 bits per heavy atom. The molecule has 2 atom stereocenters. The van der Waals surface area contributed by atoms with Crippen LogP contribution in [0, 0.1) is 0 Å². The lowest BCUT2D eigenvalue weighted by Gasteiger charge is -2.36. The van der Waals surface area contributed by atoms with E-state index in [0.717, 1.165) is 12.8 Å². The minimum atomic E-state index is -0.434. The summed E-state index contributed by atoms with van der Waals surface area (Å²) in [7, 11) is 1.66. The Kier molecular flexibility index (Phi) is 3.37. The Hall–Kier alpha value is -0.770. The van der Waals surface area contributed by atoms with Gasteiger partial charge in [0.05, 0.1) is 12.1 Å². The lowest BCUT2D eigenvalue weighted by Crippen LogP contribution is -2.52. The first kappa shape index (κ1) is 11.3. The third kappa shape index (κ3) is 3.18. The van der Waals surface area contributed by atoms with Crippen LogP contribution < -0.4 is 5.32 Å². The van der Waals surface area contributed by atoms with Gasteiger partial charge in [-0.1, -0.05) is 0 Å². The standard InChI is InChI=1S/C10H19NO3/c1-10(2,3)14-9(12)11-7-5-6-8(7)13-4/h7-8H,5-6H2,1-4H3,(H,11,12). The molecule has 0 aromatic carbocycles. The molecule has 0 aliphatic heterocycles. The van der Waals surface area contributed by atoms with Gasteiger partial charge in [0.15, 0.2) is 0 Å². The molecule has 1 N–H and O–H groups in total. The number of amides is 1. The molecule has 0 aromatic heterocycles. The van der Waals surface area contributed by atoms with Crippen molar-refractivity contribution in [2.75, 3.05) is 7.11 Å². The second-order valence-corrected chi connectivity index (χ2v) is 4.60. The molecule has 0 bridgehead atoms. The van der Waals surface area contributed by atoms with Gasteiger partial charge in [-0.25, -0.2) is 4.79 Å². The molecule has 1 aliphatic carbocycles. The van der Waals surface area contributed by atoms with Crippen molar-refractivity contribution in [1.82, 2.24) is 5.32 Å². The van der Waals surface area contributed by atoms with E-state index in [4.69, 9.17) is 9.47 Å². The number of ether oxygens (including phenoxy) is 2. The van der Waals surface area contributed by atoms with Gasteiger partial charge in [0.2, 0.25) is 0 Å². The lowest BCUT2D eigenvalue weighted by molar-refractivity contribution is -0.00381. The van der Waals surface area contributed by atoms with Gasteiger partial charge < -0.3 is 14.8 Å². The molecule has 0 spiro atoms. The van der Waals surface area contributed by atoms with Gasteiger partial charge in [-0.15, -0.1) is 0 Å². The zero-order valence-corrected chi connectivity index (χ0v) is 9.29. The summed E-state index contributed by atoms with van der Waals surface area (Å²) in [5.74, 6) is 0. The van der Waals surface area contributed by atoms with Crippen molar-refractivity contribution in [3.8, 4) is 0 Å². The number of hydrogen-bond acceptors (Lipinski definition) is 3. The Labute approximate surface area is 85.0 Å². The second kappa shape index (κ2) is 4.17. The van der Waals surface area contributed by atoms with Crippen LogP contribution in [0.1, 0.15) is 33.6 Å². The maximum absolute atomic E-state index is 11.3. The number of carbonyl (C=O) groups excluding carboxylic acids is 1. The molecule has 14 heavy (non-hydrogen) atoms. The van der Waals surface area contributed by atoms with Gasteiger partial charge in [0, 0.05) is 7.11 Å². The highest BCUT2D eigenvalue weighted by Crippen LogP contribution is 2.22. The quantitative estimate of drug-likeness (QED) is 0.739. The fourth-order valence-corrected chi connectivity index (χ4v) is 1.38. The van der Waals surface area contributed by atoms with Crippen molar-refractivity contribution in [1.29, 1.82) is 0 Å². The maximum Gasteiger partial charge on any atom is 0.407 e. The Morgan fingerprint density at radius 3 is 2.36 bits per heavy atom. The van der Waals surface area contributed by atoms with Crippen LogP contribution in [0.15, 0.2) is 0 Å². The molecule has 1 amide bonds. The zero-order valence-electron chi connectivity index (χ0n) is 9.29. The summed E-state index contributed by atoms with van der Waals surface area (Å²) in [5.41, 5.74) is -0.434. The average molecular weight is 201 g/mol. The largest absolute Gasteiger partial charge is 0.444 e. The summed E-state index contributed by atoms with van der Waals surface area (Å²) >= 11 is 0. The summed E-state index contributed by atoms with van der Waals surface area (Å²) in [6.07, 6.45) is 1.78. The molecule has 0 radical (unpaired) electrons. The number of hydrogen-bond donors (Lipinski definition) is 1. The summed E-state index contributed by atoms with van der Waals surface area (Å²) in [5, 5.41) is 2.79. The van der Waals surface area contributed by atoms with Crippen LogP contribution in [0.25, 0.3) is 0 Å².